The second-order valence-corrected chi connectivity index (χ2v) is 7.63. The average molecular weight is 433 g/mol. The molecule has 0 aliphatic rings. The zero-order chi connectivity index (χ0) is 21.6. The molecule has 8 nitrogen and oxygen atoms in total. The Hall–Kier alpha value is -3.72. The fourth-order valence-electron chi connectivity index (χ4n) is 3.12. The molecule has 4 rings (SSSR count). The summed E-state index contributed by atoms with van der Waals surface area (Å²) < 4.78 is 5.11. The lowest BCUT2D eigenvalue weighted by molar-refractivity contribution is 0.0602. The first-order valence-electron chi connectivity index (χ1n) is 9.63. The first-order chi connectivity index (χ1) is 15.2. The van der Waals surface area contributed by atoms with Crippen LogP contribution < -0.4 is 5.32 Å². The number of nitrogens with zero attached hydrogens (tertiary/aromatic N) is 4. The zero-order valence-electron chi connectivity index (χ0n) is 17.0. The molecule has 0 bridgehead atoms. The number of rotatable bonds is 7. The standard InChI is InChI=1S/C22H20N6O2S/c1-3-31-22-24-21(27-28-22)23-19-17(20(29)30-2)16(14-10-6-4-7-11-14)18(25-26-19)15-12-8-5-9-13-15/h4-13H,3H2,1-2H3,(H2,23,24,26,27,28). The fourth-order valence-corrected chi connectivity index (χ4v) is 3.64. The minimum Gasteiger partial charge on any atom is -0.465 e. The van der Waals surface area contributed by atoms with Crippen LogP contribution in [0, 0.1) is 0 Å². The van der Waals surface area contributed by atoms with E-state index in [0.717, 1.165) is 16.9 Å². The summed E-state index contributed by atoms with van der Waals surface area (Å²) in [5.41, 5.74) is 3.13. The van der Waals surface area contributed by atoms with E-state index in [2.05, 4.69) is 30.7 Å². The zero-order valence-corrected chi connectivity index (χ0v) is 17.8. The first-order valence-corrected chi connectivity index (χ1v) is 10.6. The predicted molar refractivity (Wildman–Crippen MR) is 120 cm³/mol. The monoisotopic (exact) mass is 432 g/mol. The van der Waals surface area contributed by atoms with Crippen molar-refractivity contribution in [1.82, 2.24) is 25.4 Å². The minimum absolute atomic E-state index is 0.231. The Morgan fingerprint density at radius 3 is 2.35 bits per heavy atom. The molecule has 2 N–H and O–H groups in total. The number of anilines is 2. The molecule has 0 fully saturated rings. The van der Waals surface area contributed by atoms with Crippen molar-refractivity contribution in [2.45, 2.75) is 12.1 Å². The van der Waals surface area contributed by atoms with Crippen molar-refractivity contribution in [3.05, 3.63) is 66.2 Å². The molecule has 9 heteroatoms. The van der Waals surface area contributed by atoms with Crippen LogP contribution in [0.5, 0.6) is 0 Å². The maximum atomic E-state index is 12.9. The topological polar surface area (TPSA) is 106 Å². The Bertz CT molecular complexity index is 1180. The van der Waals surface area contributed by atoms with E-state index >= 15 is 0 Å². The van der Waals surface area contributed by atoms with E-state index < -0.39 is 5.97 Å². The molecule has 0 saturated carbocycles. The molecule has 2 aromatic carbocycles. The number of thioether (sulfide) groups is 1. The van der Waals surface area contributed by atoms with Crippen molar-refractivity contribution in [3.63, 3.8) is 0 Å². The van der Waals surface area contributed by atoms with Crippen LogP contribution in [0.25, 0.3) is 22.4 Å². The number of aromatic nitrogens is 5. The second-order valence-electron chi connectivity index (χ2n) is 6.40. The van der Waals surface area contributed by atoms with Crippen LogP contribution in [0.1, 0.15) is 17.3 Å². The molecule has 2 heterocycles. The molecular formula is C22H20N6O2S. The lowest BCUT2D eigenvalue weighted by Crippen LogP contribution is -2.12. The van der Waals surface area contributed by atoms with Crippen molar-refractivity contribution in [2.24, 2.45) is 0 Å². The van der Waals surface area contributed by atoms with Gasteiger partial charge in [0.05, 0.1) is 7.11 Å². The predicted octanol–water partition coefficient (Wildman–Crippen LogP) is 4.57. The van der Waals surface area contributed by atoms with E-state index in [4.69, 9.17) is 4.74 Å². The summed E-state index contributed by atoms with van der Waals surface area (Å²) in [5.74, 6) is 0.904. The highest BCUT2D eigenvalue weighted by Crippen LogP contribution is 2.36. The lowest BCUT2D eigenvalue weighted by Gasteiger charge is -2.16. The summed E-state index contributed by atoms with van der Waals surface area (Å²) in [4.78, 5) is 17.3. The maximum absolute atomic E-state index is 12.9. The number of H-pyrrole nitrogens is 1. The molecule has 0 radical (unpaired) electrons. The van der Waals surface area contributed by atoms with Gasteiger partial charge in [-0.3, -0.25) is 0 Å². The van der Waals surface area contributed by atoms with E-state index in [1.807, 2.05) is 67.6 Å². The number of aromatic amines is 1. The fraction of sp³-hybridized carbons (Fsp3) is 0.136. The molecule has 156 valence electrons. The van der Waals surface area contributed by atoms with Gasteiger partial charge in [0, 0.05) is 11.1 Å². The second kappa shape index (κ2) is 9.40. The molecule has 0 aliphatic carbocycles. The van der Waals surface area contributed by atoms with Crippen molar-refractivity contribution < 1.29 is 9.53 Å². The lowest BCUT2D eigenvalue weighted by atomic mass is 9.95. The van der Waals surface area contributed by atoms with Crippen molar-refractivity contribution in [3.8, 4) is 22.4 Å². The highest BCUT2D eigenvalue weighted by atomic mass is 32.2. The summed E-state index contributed by atoms with van der Waals surface area (Å²) in [6.07, 6.45) is 0. The Labute approximate surface area is 183 Å². The number of hydrogen-bond acceptors (Lipinski definition) is 8. The van der Waals surface area contributed by atoms with E-state index in [1.165, 1.54) is 18.9 Å². The average Bonchev–Trinajstić information content (AvgIpc) is 3.26. The van der Waals surface area contributed by atoms with Crippen LogP contribution in [-0.2, 0) is 4.74 Å². The van der Waals surface area contributed by atoms with Gasteiger partial charge in [0.15, 0.2) is 5.82 Å². The SMILES string of the molecule is CCSc1n[nH]c(Nc2nnc(-c3ccccc3)c(-c3ccccc3)c2C(=O)OC)n1. The minimum atomic E-state index is -0.531. The van der Waals surface area contributed by atoms with Gasteiger partial charge in [-0.1, -0.05) is 79.3 Å². The molecule has 0 atom stereocenters. The Kier molecular flexibility index (Phi) is 6.23. The molecule has 31 heavy (non-hydrogen) atoms. The number of carbonyl (C=O) groups excluding carboxylic acids is 1. The number of nitrogens with one attached hydrogen (secondary N) is 2. The third-order valence-electron chi connectivity index (χ3n) is 4.45. The number of carbonyl (C=O) groups is 1. The van der Waals surface area contributed by atoms with Crippen molar-refractivity contribution >= 4 is 29.5 Å². The molecule has 4 aromatic rings. The number of hydrogen-bond donors (Lipinski definition) is 2. The van der Waals surface area contributed by atoms with Crippen LogP contribution in [-0.4, -0.2) is 44.2 Å². The van der Waals surface area contributed by atoms with E-state index in [9.17, 15) is 4.79 Å². The summed E-state index contributed by atoms with van der Waals surface area (Å²) in [6, 6.07) is 19.2. The van der Waals surface area contributed by atoms with E-state index in [1.54, 1.807) is 0 Å². The van der Waals surface area contributed by atoms with Crippen molar-refractivity contribution in [1.29, 1.82) is 0 Å². The normalized spacial score (nSPS) is 10.6. The summed E-state index contributed by atoms with van der Waals surface area (Å²) >= 11 is 1.50. The largest absolute Gasteiger partial charge is 0.465 e. The number of methoxy groups -OCH3 is 1. The Morgan fingerprint density at radius 1 is 1.03 bits per heavy atom. The molecular weight excluding hydrogens is 412 g/mol. The first kappa shape index (κ1) is 20.5. The Balaban J connectivity index is 1.91. The van der Waals surface area contributed by atoms with Crippen LogP contribution >= 0.6 is 11.8 Å². The summed E-state index contributed by atoms with van der Waals surface area (Å²) in [6.45, 7) is 2.02. The van der Waals surface area contributed by atoms with Gasteiger partial charge in [-0.25, -0.2) is 9.89 Å². The van der Waals surface area contributed by atoms with E-state index in [0.29, 0.717) is 22.4 Å². The summed E-state index contributed by atoms with van der Waals surface area (Å²) in [7, 11) is 1.34. The molecule has 0 aliphatic heterocycles. The van der Waals surface area contributed by atoms with Crippen LogP contribution in [0.4, 0.5) is 11.8 Å². The van der Waals surface area contributed by atoms with Gasteiger partial charge >= 0.3 is 5.97 Å². The molecule has 0 spiro atoms. The number of esters is 1. The van der Waals surface area contributed by atoms with Gasteiger partial charge in [-0.2, -0.15) is 4.98 Å². The van der Waals surface area contributed by atoms with Gasteiger partial charge < -0.3 is 10.1 Å². The van der Waals surface area contributed by atoms with Crippen LogP contribution in [0.15, 0.2) is 65.8 Å². The van der Waals surface area contributed by atoms with E-state index in [-0.39, 0.29) is 11.4 Å². The third kappa shape index (κ3) is 4.41. The third-order valence-corrected chi connectivity index (χ3v) is 5.18. The highest BCUT2D eigenvalue weighted by Gasteiger charge is 2.25. The molecule has 0 amide bonds. The van der Waals surface area contributed by atoms with Gasteiger partial charge in [0.1, 0.15) is 11.3 Å². The highest BCUT2D eigenvalue weighted by molar-refractivity contribution is 7.99. The maximum Gasteiger partial charge on any atom is 0.342 e. The van der Waals surface area contributed by atoms with Gasteiger partial charge in [0.2, 0.25) is 11.1 Å². The van der Waals surface area contributed by atoms with Crippen LogP contribution in [0.3, 0.4) is 0 Å². The molecule has 0 saturated heterocycles. The quantitative estimate of drug-likeness (QED) is 0.323. The smallest absolute Gasteiger partial charge is 0.342 e. The molecule has 2 aromatic heterocycles. The van der Waals surface area contributed by atoms with Crippen LogP contribution in [0.2, 0.25) is 0 Å². The summed E-state index contributed by atoms with van der Waals surface area (Å²) in [5, 5.41) is 19.4. The number of benzene rings is 2. The molecule has 0 unspecified atom stereocenters. The van der Waals surface area contributed by atoms with Crippen molar-refractivity contribution in [2.75, 3.05) is 18.2 Å². The van der Waals surface area contributed by atoms with Gasteiger partial charge in [-0.15, -0.1) is 15.3 Å². The van der Waals surface area contributed by atoms with Gasteiger partial charge in [0.25, 0.3) is 0 Å². The van der Waals surface area contributed by atoms with Gasteiger partial charge in [-0.05, 0) is 11.3 Å². The Morgan fingerprint density at radius 2 is 1.71 bits per heavy atom. The number of ether oxygens (including phenoxy) is 1.